The Bertz CT molecular complexity index is 1170. The van der Waals surface area contributed by atoms with Crippen molar-refractivity contribution < 1.29 is 13.5 Å². The minimum Gasteiger partial charge on any atom is -0.365 e. The van der Waals surface area contributed by atoms with Gasteiger partial charge in [-0.25, -0.2) is 23.4 Å². The zero-order valence-corrected chi connectivity index (χ0v) is 19.0. The third-order valence-electron chi connectivity index (χ3n) is 7.16. The van der Waals surface area contributed by atoms with Crippen LogP contribution in [0.5, 0.6) is 0 Å². The van der Waals surface area contributed by atoms with Gasteiger partial charge >= 0.3 is 0 Å². The molecule has 3 aromatic rings. The summed E-state index contributed by atoms with van der Waals surface area (Å²) in [5.41, 5.74) is 1.38. The molecular weight excluding hydrogens is 440 g/mol. The van der Waals surface area contributed by atoms with Gasteiger partial charge in [0.2, 0.25) is 5.95 Å². The monoisotopic (exact) mass is 467 g/mol. The van der Waals surface area contributed by atoms with Gasteiger partial charge in [0, 0.05) is 50.1 Å². The fourth-order valence-corrected chi connectivity index (χ4v) is 5.64. The molecule has 4 atom stereocenters. The van der Waals surface area contributed by atoms with Crippen molar-refractivity contribution in [2.45, 2.75) is 44.9 Å². The van der Waals surface area contributed by atoms with Crippen LogP contribution in [0.1, 0.15) is 42.4 Å². The summed E-state index contributed by atoms with van der Waals surface area (Å²) in [6, 6.07) is 5.78. The van der Waals surface area contributed by atoms with E-state index in [0.717, 1.165) is 49.9 Å². The molecule has 0 spiro atoms. The van der Waals surface area contributed by atoms with Gasteiger partial charge in [-0.1, -0.05) is 0 Å². The van der Waals surface area contributed by atoms with Crippen molar-refractivity contribution >= 4 is 11.8 Å². The second-order valence-corrected chi connectivity index (χ2v) is 9.51. The summed E-state index contributed by atoms with van der Waals surface area (Å²) in [4.78, 5) is 15.8. The third-order valence-corrected chi connectivity index (χ3v) is 7.16. The molecule has 0 unspecified atom stereocenters. The Morgan fingerprint density at radius 2 is 1.79 bits per heavy atom. The van der Waals surface area contributed by atoms with Crippen LogP contribution in [0.3, 0.4) is 0 Å². The van der Waals surface area contributed by atoms with Crippen molar-refractivity contribution in [2.75, 3.05) is 29.9 Å². The first-order chi connectivity index (χ1) is 16.5. The molecule has 0 amide bonds. The topological polar surface area (TPSA) is 81.0 Å². The number of nitrogens with zero attached hydrogens (tertiary/aromatic N) is 6. The minimum atomic E-state index is -0.657. The molecule has 8 nitrogen and oxygen atoms in total. The highest BCUT2D eigenvalue weighted by atomic mass is 19.1. The van der Waals surface area contributed by atoms with E-state index in [-0.39, 0.29) is 6.04 Å². The lowest BCUT2D eigenvalue weighted by molar-refractivity contribution is 0.0808. The maximum absolute atomic E-state index is 13.9. The van der Waals surface area contributed by atoms with E-state index in [4.69, 9.17) is 14.8 Å². The van der Waals surface area contributed by atoms with Crippen molar-refractivity contribution in [2.24, 2.45) is 11.8 Å². The molecule has 6 rings (SSSR count). The number of nitrogens with one attached hydrogen (secondary N) is 1. The lowest BCUT2D eigenvalue weighted by Gasteiger charge is -2.38. The van der Waals surface area contributed by atoms with Gasteiger partial charge in [0.15, 0.2) is 5.82 Å². The number of hydrogen-bond acceptors (Lipinski definition) is 7. The van der Waals surface area contributed by atoms with Gasteiger partial charge in [-0.05, 0) is 55.7 Å². The van der Waals surface area contributed by atoms with Gasteiger partial charge in [0.25, 0.3) is 0 Å². The quantitative estimate of drug-likeness (QED) is 0.629. The molecule has 1 saturated heterocycles. The minimum absolute atomic E-state index is 0.275. The molecule has 2 fully saturated rings. The molecule has 178 valence electrons. The molecule has 1 saturated carbocycles. The van der Waals surface area contributed by atoms with E-state index < -0.39 is 17.7 Å². The molecule has 1 N–H and O–H groups in total. The van der Waals surface area contributed by atoms with Crippen molar-refractivity contribution in [3.05, 3.63) is 59.3 Å². The van der Waals surface area contributed by atoms with E-state index in [1.165, 1.54) is 12.1 Å². The lowest BCUT2D eigenvalue weighted by Crippen LogP contribution is -2.48. The number of piperidine rings is 1. The molecule has 3 aliphatic rings. The number of aryl methyl sites for hydroxylation is 2. The molecule has 2 aliphatic heterocycles. The number of benzene rings is 1. The predicted molar refractivity (Wildman–Crippen MR) is 121 cm³/mol. The highest BCUT2D eigenvalue weighted by Crippen LogP contribution is 2.40. The molecule has 2 aromatic heterocycles. The Balaban J connectivity index is 1.22. The molecule has 1 aliphatic carbocycles. The standard InChI is InChI=1S/C24H27F2N7O/c1-14-7-20(28-13-27-14)32-11-15-3-4-16(12-32)21(15)29-24-30-23-22(34-6-2-5-33(23)31-24)17-8-18(25)10-19(26)9-17/h7-10,13,15-16,21-22H,2-6,11-12H2,1H3,(H,29,31)/t15-,16+,21-,22-/m0/s1. The first-order valence-corrected chi connectivity index (χ1v) is 11.9. The Morgan fingerprint density at radius 1 is 1.03 bits per heavy atom. The number of anilines is 2. The van der Waals surface area contributed by atoms with E-state index in [1.807, 2.05) is 17.7 Å². The first-order valence-electron chi connectivity index (χ1n) is 11.9. The Hall–Kier alpha value is -3.14. The largest absolute Gasteiger partial charge is 0.365 e. The average molecular weight is 468 g/mol. The van der Waals surface area contributed by atoms with Crippen LogP contribution in [0.4, 0.5) is 20.5 Å². The number of aromatic nitrogens is 5. The molecule has 2 bridgehead atoms. The second-order valence-electron chi connectivity index (χ2n) is 9.51. The van der Waals surface area contributed by atoms with E-state index in [9.17, 15) is 8.78 Å². The average Bonchev–Trinajstić information content (AvgIpc) is 3.20. The summed E-state index contributed by atoms with van der Waals surface area (Å²) in [5, 5.41) is 8.30. The summed E-state index contributed by atoms with van der Waals surface area (Å²) < 4.78 is 35.5. The zero-order valence-electron chi connectivity index (χ0n) is 19.0. The fourth-order valence-electron chi connectivity index (χ4n) is 5.64. The molecular formula is C24H27F2N7O. The van der Waals surface area contributed by atoms with Crippen LogP contribution in [-0.2, 0) is 11.3 Å². The number of rotatable bonds is 4. The van der Waals surface area contributed by atoms with Gasteiger partial charge in [0.1, 0.15) is 29.9 Å². The predicted octanol–water partition coefficient (Wildman–Crippen LogP) is 3.49. The Kier molecular flexibility index (Phi) is 5.40. The molecule has 4 heterocycles. The summed E-state index contributed by atoms with van der Waals surface area (Å²) in [7, 11) is 0. The first kappa shape index (κ1) is 21.4. The molecule has 34 heavy (non-hydrogen) atoms. The van der Waals surface area contributed by atoms with Gasteiger partial charge in [0.05, 0.1) is 0 Å². The third kappa shape index (κ3) is 4.00. The summed E-state index contributed by atoms with van der Waals surface area (Å²) in [6.45, 7) is 4.95. The summed E-state index contributed by atoms with van der Waals surface area (Å²) >= 11 is 0. The van der Waals surface area contributed by atoms with Crippen molar-refractivity contribution in [1.29, 1.82) is 0 Å². The van der Waals surface area contributed by atoms with E-state index in [0.29, 0.717) is 42.3 Å². The van der Waals surface area contributed by atoms with Gasteiger partial charge in [-0.2, -0.15) is 4.98 Å². The van der Waals surface area contributed by atoms with Crippen LogP contribution in [0.15, 0.2) is 30.6 Å². The van der Waals surface area contributed by atoms with Crippen LogP contribution < -0.4 is 10.2 Å². The SMILES string of the molecule is Cc1cc(N2C[C@H]3CC[C@@H](C2)[C@@H]3Nc2nc3n(n2)CCCO[C@H]3c2cc(F)cc(F)c2)ncn1. The maximum Gasteiger partial charge on any atom is 0.242 e. The number of fused-ring (bicyclic) bond motifs is 3. The number of hydrogen-bond donors (Lipinski definition) is 1. The molecule has 0 radical (unpaired) electrons. The number of ether oxygens (including phenoxy) is 1. The summed E-state index contributed by atoms with van der Waals surface area (Å²) in [6.07, 6.45) is 4.01. The lowest BCUT2D eigenvalue weighted by atomic mass is 9.92. The maximum atomic E-state index is 13.9. The Morgan fingerprint density at radius 3 is 2.53 bits per heavy atom. The van der Waals surface area contributed by atoms with Crippen LogP contribution in [0.2, 0.25) is 0 Å². The molecule has 1 aromatic carbocycles. The van der Waals surface area contributed by atoms with E-state index >= 15 is 0 Å². The molecule has 10 heteroatoms. The van der Waals surface area contributed by atoms with Crippen LogP contribution in [0, 0.1) is 30.4 Å². The zero-order chi connectivity index (χ0) is 23.2. The smallest absolute Gasteiger partial charge is 0.242 e. The normalized spacial score (nSPS) is 26.3. The van der Waals surface area contributed by atoms with Gasteiger partial charge in [-0.3, -0.25) is 0 Å². The van der Waals surface area contributed by atoms with E-state index in [2.05, 4.69) is 20.2 Å². The fraction of sp³-hybridized carbons (Fsp3) is 0.500. The van der Waals surface area contributed by atoms with Crippen LogP contribution in [0.25, 0.3) is 0 Å². The second kappa shape index (κ2) is 8.57. The van der Waals surface area contributed by atoms with Crippen LogP contribution in [-0.4, -0.2) is 50.5 Å². The van der Waals surface area contributed by atoms with Gasteiger partial charge in [-0.15, -0.1) is 5.10 Å². The highest BCUT2D eigenvalue weighted by Gasteiger charge is 2.43. The summed E-state index contributed by atoms with van der Waals surface area (Å²) in [5.74, 6) is 1.77. The van der Waals surface area contributed by atoms with Crippen LogP contribution >= 0.6 is 0 Å². The Labute approximate surface area is 196 Å². The number of halogens is 2. The van der Waals surface area contributed by atoms with E-state index in [1.54, 1.807) is 6.33 Å². The van der Waals surface area contributed by atoms with Crippen molar-refractivity contribution in [1.82, 2.24) is 24.7 Å². The highest BCUT2D eigenvalue weighted by molar-refractivity contribution is 5.42. The van der Waals surface area contributed by atoms with Crippen molar-refractivity contribution in [3.63, 3.8) is 0 Å². The van der Waals surface area contributed by atoms with Gasteiger partial charge < -0.3 is 15.0 Å². The van der Waals surface area contributed by atoms with Crippen molar-refractivity contribution in [3.8, 4) is 0 Å².